The summed E-state index contributed by atoms with van der Waals surface area (Å²) >= 11 is 0. The highest BCUT2D eigenvalue weighted by Gasteiger charge is 2.35. The van der Waals surface area contributed by atoms with E-state index in [-0.39, 0.29) is 0 Å². The zero-order valence-electron chi connectivity index (χ0n) is 12.3. The maximum atomic E-state index is 8.77. The second kappa shape index (κ2) is 11.7. The van der Waals surface area contributed by atoms with Gasteiger partial charge in [0.2, 0.25) is 0 Å². The molecule has 0 aliphatic rings. The molecule has 0 aliphatic heterocycles. The molecule has 0 rings (SSSR count). The topological polar surface area (TPSA) is 42.2 Å². The van der Waals surface area contributed by atoms with Crippen LogP contribution in [0, 0.1) is 11.3 Å². The van der Waals surface area contributed by atoms with Crippen molar-refractivity contribution in [3.8, 4) is 6.07 Å². The van der Waals surface area contributed by atoms with Gasteiger partial charge in [0, 0.05) is 25.7 Å². The third kappa shape index (κ3) is 7.86. The Morgan fingerprint density at radius 1 is 0.889 bits per heavy atom. The first-order valence-electron chi connectivity index (χ1n) is 7.39. The summed E-state index contributed by atoms with van der Waals surface area (Å²) in [6.07, 6.45) is 6.88. The summed E-state index contributed by atoms with van der Waals surface area (Å²) in [4.78, 5) is 0. The summed E-state index contributed by atoms with van der Waals surface area (Å²) in [7, 11) is -2.10. The summed E-state index contributed by atoms with van der Waals surface area (Å²) in [5.41, 5.74) is 0. The minimum Gasteiger partial charge on any atom is -0.394 e. The molecule has 0 atom stereocenters. The Morgan fingerprint density at radius 3 is 2.00 bits per heavy atom. The maximum Gasteiger partial charge on any atom is 0.339 e. The smallest absolute Gasteiger partial charge is 0.339 e. The van der Waals surface area contributed by atoms with Gasteiger partial charge in [-0.1, -0.05) is 39.0 Å². The molecule has 0 amide bonds. The van der Waals surface area contributed by atoms with Crippen LogP contribution in [0.2, 0.25) is 12.1 Å². The normalized spacial score (nSPS) is 11.4. The van der Waals surface area contributed by atoms with Crippen molar-refractivity contribution >= 4 is 8.56 Å². The summed E-state index contributed by atoms with van der Waals surface area (Å²) in [5, 5.41) is 8.77. The van der Waals surface area contributed by atoms with E-state index in [9.17, 15) is 0 Å². The molecule has 0 saturated heterocycles. The molecule has 18 heavy (non-hydrogen) atoms. The number of nitriles is 1. The SMILES string of the molecule is CCCCCCC[Si](CCC#N)(OCC)OCC. The van der Waals surface area contributed by atoms with E-state index >= 15 is 0 Å². The van der Waals surface area contributed by atoms with Crippen LogP contribution in [0.15, 0.2) is 0 Å². The number of rotatable bonds is 12. The highest BCUT2D eigenvalue weighted by atomic mass is 28.4. The molecular formula is C14H29NO2Si. The van der Waals surface area contributed by atoms with Gasteiger partial charge in [-0.3, -0.25) is 0 Å². The van der Waals surface area contributed by atoms with Crippen molar-refractivity contribution in [1.29, 1.82) is 5.26 Å². The molecule has 106 valence electrons. The number of nitrogens with zero attached hydrogens (tertiary/aromatic N) is 1. The molecule has 4 heteroatoms. The van der Waals surface area contributed by atoms with Crippen LogP contribution in [-0.4, -0.2) is 21.8 Å². The lowest BCUT2D eigenvalue weighted by Gasteiger charge is -2.29. The minimum absolute atomic E-state index is 0.557. The van der Waals surface area contributed by atoms with E-state index in [0.717, 1.165) is 12.1 Å². The lowest BCUT2D eigenvalue weighted by Crippen LogP contribution is -2.42. The fourth-order valence-electron chi connectivity index (χ4n) is 2.23. The quantitative estimate of drug-likeness (QED) is 0.390. The van der Waals surface area contributed by atoms with Crippen LogP contribution in [0.1, 0.15) is 59.3 Å². The van der Waals surface area contributed by atoms with Gasteiger partial charge < -0.3 is 8.85 Å². The second-order valence-corrected chi connectivity index (χ2v) is 8.00. The lowest BCUT2D eigenvalue weighted by atomic mass is 10.2. The molecule has 0 aliphatic carbocycles. The van der Waals surface area contributed by atoms with Crippen LogP contribution >= 0.6 is 0 Å². The van der Waals surface area contributed by atoms with E-state index in [1.165, 1.54) is 32.1 Å². The van der Waals surface area contributed by atoms with Gasteiger partial charge in [-0.05, 0) is 19.9 Å². The number of unbranched alkanes of at least 4 members (excludes halogenated alkanes) is 4. The molecule has 0 heterocycles. The van der Waals surface area contributed by atoms with Crippen LogP contribution in [-0.2, 0) is 8.85 Å². The third-order valence-electron chi connectivity index (χ3n) is 3.09. The first-order valence-corrected chi connectivity index (χ1v) is 9.62. The highest BCUT2D eigenvalue weighted by molar-refractivity contribution is 6.67. The lowest BCUT2D eigenvalue weighted by molar-refractivity contribution is 0.181. The van der Waals surface area contributed by atoms with E-state index in [1.807, 2.05) is 13.8 Å². The van der Waals surface area contributed by atoms with Gasteiger partial charge >= 0.3 is 8.56 Å². The Labute approximate surface area is 114 Å². The first-order chi connectivity index (χ1) is 8.74. The summed E-state index contributed by atoms with van der Waals surface area (Å²) in [5.74, 6) is 0. The molecule has 0 N–H and O–H groups in total. The first kappa shape index (κ1) is 17.6. The van der Waals surface area contributed by atoms with Crippen molar-refractivity contribution in [1.82, 2.24) is 0 Å². The zero-order valence-corrected chi connectivity index (χ0v) is 13.3. The molecule has 0 aromatic carbocycles. The van der Waals surface area contributed by atoms with E-state index < -0.39 is 8.56 Å². The van der Waals surface area contributed by atoms with Gasteiger partial charge in [-0.2, -0.15) is 5.26 Å². The van der Waals surface area contributed by atoms with Crippen molar-refractivity contribution in [3.63, 3.8) is 0 Å². The second-order valence-electron chi connectivity index (χ2n) is 4.60. The van der Waals surface area contributed by atoms with E-state index in [2.05, 4.69) is 13.0 Å². The van der Waals surface area contributed by atoms with Crippen molar-refractivity contribution < 1.29 is 8.85 Å². The summed E-state index contributed by atoms with van der Waals surface area (Å²) in [6, 6.07) is 4.09. The van der Waals surface area contributed by atoms with E-state index in [1.54, 1.807) is 0 Å². The Balaban J connectivity index is 4.19. The van der Waals surface area contributed by atoms with Crippen LogP contribution in [0.3, 0.4) is 0 Å². The molecular weight excluding hydrogens is 242 g/mol. The van der Waals surface area contributed by atoms with Gasteiger partial charge in [0.05, 0.1) is 6.07 Å². The van der Waals surface area contributed by atoms with Gasteiger partial charge in [0.1, 0.15) is 0 Å². The monoisotopic (exact) mass is 271 g/mol. The average Bonchev–Trinajstić information content (AvgIpc) is 2.37. The fourth-order valence-corrected chi connectivity index (χ4v) is 5.47. The maximum absolute atomic E-state index is 8.77. The van der Waals surface area contributed by atoms with Crippen molar-refractivity contribution in [2.75, 3.05) is 13.2 Å². The largest absolute Gasteiger partial charge is 0.394 e. The average molecular weight is 271 g/mol. The van der Waals surface area contributed by atoms with E-state index in [0.29, 0.717) is 19.6 Å². The standard InChI is InChI=1S/C14H29NO2Si/c1-4-7-8-9-10-13-18(16-5-2,17-6-3)14-11-12-15/h4-11,13-14H2,1-3H3. The molecule has 0 saturated carbocycles. The Bertz CT molecular complexity index is 222. The van der Waals surface area contributed by atoms with Crippen LogP contribution < -0.4 is 0 Å². The van der Waals surface area contributed by atoms with Gasteiger partial charge in [-0.15, -0.1) is 0 Å². The number of hydrogen-bond acceptors (Lipinski definition) is 3. The van der Waals surface area contributed by atoms with Crippen molar-refractivity contribution in [2.24, 2.45) is 0 Å². The molecule has 0 aromatic rings. The number of hydrogen-bond donors (Lipinski definition) is 0. The van der Waals surface area contributed by atoms with Crippen LogP contribution in [0.25, 0.3) is 0 Å². The molecule has 0 radical (unpaired) electrons. The molecule has 0 bridgehead atoms. The molecule has 0 fully saturated rings. The molecule has 0 unspecified atom stereocenters. The summed E-state index contributed by atoms with van der Waals surface area (Å²) in [6.45, 7) is 7.67. The molecule has 0 spiro atoms. The van der Waals surface area contributed by atoms with Crippen LogP contribution in [0.5, 0.6) is 0 Å². The van der Waals surface area contributed by atoms with Crippen molar-refractivity contribution in [3.05, 3.63) is 0 Å². The molecule has 3 nitrogen and oxygen atoms in total. The minimum atomic E-state index is -2.10. The van der Waals surface area contributed by atoms with Gasteiger partial charge in [0.25, 0.3) is 0 Å². The third-order valence-corrected chi connectivity index (χ3v) is 6.85. The predicted octanol–water partition coefficient (Wildman–Crippen LogP) is 4.39. The van der Waals surface area contributed by atoms with Crippen LogP contribution in [0.4, 0.5) is 0 Å². The molecule has 0 aromatic heterocycles. The summed E-state index contributed by atoms with van der Waals surface area (Å²) < 4.78 is 11.9. The highest BCUT2D eigenvalue weighted by Crippen LogP contribution is 2.24. The van der Waals surface area contributed by atoms with Crippen molar-refractivity contribution in [2.45, 2.75) is 71.4 Å². The van der Waals surface area contributed by atoms with E-state index in [4.69, 9.17) is 14.1 Å². The predicted molar refractivity (Wildman–Crippen MR) is 77.6 cm³/mol. The Kier molecular flexibility index (Phi) is 11.5. The van der Waals surface area contributed by atoms with Gasteiger partial charge in [0.15, 0.2) is 0 Å². The zero-order chi connectivity index (χ0) is 13.7. The fraction of sp³-hybridized carbons (Fsp3) is 0.929. The Hall–Kier alpha value is -0.373. The van der Waals surface area contributed by atoms with Gasteiger partial charge in [-0.25, -0.2) is 0 Å². The Morgan fingerprint density at radius 2 is 1.50 bits per heavy atom.